The van der Waals surface area contributed by atoms with Crippen molar-refractivity contribution in [3.8, 4) is 61.6 Å². The van der Waals surface area contributed by atoms with E-state index in [9.17, 15) is 0 Å². The van der Waals surface area contributed by atoms with Gasteiger partial charge in [0.25, 0.3) is 0 Å². The molecule has 0 aliphatic rings. The standard InChI is InChI=1S/C53H34N4/c1-2-15-46(16-3-1)57-52(56-51-32-45(34-55-53(51)57)39-25-22-35-11-4-5-12-38(35)27-39)37-23-20-36(21-24-37)42-28-43(41-14-10-26-54-33-41)30-44(29-42)50-31-40-13-6-7-17-47(40)48-18-8-9-19-49(48)50/h1-34H. The van der Waals surface area contributed by atoms with E-state index in [4.69, 9.17) is 9.97 Å². The maximum absolute atomic E-state index is 5.27. The third-order valence-electron chi connectivity index (χ3n) is 11.1. The van der Waals surface area contributed by atoms with E-state index in [0.717, 1.165) is 67.2 Å². The van der Waals surface area contributed by atoms with Crippen molar-refractivity contribution in [3.05, 3.63) is 207 Å². The minimum Gasteiger partial charge on any atom is -0.277 e. The third-order valence-corrected chi connectivity index (χ3v) is 11.1. The van der Waals surface area contributed by atoms with Crippen LogP contribution >= 0.6 is 0 Å². The molecule has 57 heavy (non-hydrogen) atoms. The Kier molecular flexibility index (Phi) is 7.78. The van der Waals surface area contributed by atoms with Crippen molar-refractivity contribution < 1.29 is 0 Å². The Morgan fingerprint density at radius 3 is 1.84 bits per heavy atom. The monoisotopic (exact) mass is 726 g/mol. The third kappa shape index (κ3) is 5.83. The highest BCUT2D eigenvalue weighted by molar-refractivity contribution is 6.14. The second-order valence-corrected chi connectivity index (χ2v) is 14.5. The zero-order chi connectivity index (χ0) is 37.7. The lowest BCUT2D eigenvalue weighted by Crippen LogP contribution is -1.98. The smallest absolute Gasteiger partial charge is 0.164 e. The maximum atomic E-state index is 5.27. The Morgan fingerprint density at radius 1 is 0.368 bits per heavy atom. The molecule has 0 N–H and O–H groups in total. The highest BCUT2D eigenvalue weighted by Crippen LogP contribution is 2.40. The lowest BCUT2D eigenvalue weighted by atomic mass is 9.89. The van der Waals surface area contributed by atoms with Gasteiger partial charge in [-0.25, -0.2) is 9.97 Å². The summed E-state index contributed by atoms with van der Waals surface area (Å²) in [6.07, 6.45) is 5.73. The molecule has 3 heterocycles. The minimum atomic E-state index is 0.821. The lowest BCUT2D eigenvalue weighted by Gasteiger charge is -2.15. The Hall–Kier alpha value is -7.69. The zero-order valence-corrected chi connectivity index (χ0v) is 30.9. The topological polar surface area (TPSA) is 43.6 Å². The number of pyridine rings is 2. The van der Waals surface area contributed by atoms with Crippen LogP contribution in [0.3, 0.4) is 0 Å². The Balaban J connectivity index is 1.04. The van der Waals surface area contributed by atoms with Gasteiger partial charge in [-0.15, -0.1) is 0 Å². The van der Waals surface area contributed by atoms with Gasteiger partial charge in [-0.2, -0.15) is 0 Å². The van der Waals surface area contributed by atoms with E-state index >= 15 is 0 Å². The maximum Gasteiger partial charge on any atom is 0.164 e. The first-order valence-electron chi connectivity index (χ1n) is 19.2. The molecule has 3 aromatic heterocycles. The molecule has 0 radical (unpaired) electrons. The molecule has 0 aliphatic heterocycles. The summed E-state index contributed by atoms with van der Waals surface area (Å²) in [6.45, 7) is 0. The summed E-state index contributed by atoms with van der Waals surface area (Å²) in [5, 5.41) is 7.40. The van der Waals surface area contributed by atoms with E-state index in [-0.39, 0.29) is 0 Å². The molecular weight excluding hydrogens is 693 g/mol. The Labute approximate surface area is 330 Å². The van der Waals surface area contributed by atoms with Crippen LogP contribution in [-0.4, -0.2) is 19.5 Å². The van der Waals surface area contributed by atoms with Gasteiger partial charge in [0.15, 0.2) is 5.65 Å². The minimum absolute atomic E-state index is 0.821. The molecule has 0 bridgehead atoms. The molecule has 0 aliphatic carbocycles. The van der Waals surface area contributed by atoms with Crippen molar-refractivity contribution in [1.82, 2.24) is 19.5 Å². The Morgan fingerprint density at radius 2 is 1.04 bits per heavy atom. The predicted molar refractivity (Wildman–Crippen MR) is 236 cm³/mol. The lowest BCUT2D eigenvalue weighted by molar-refractivity contribution is 1.08. The highest BCUT2D eigenvalue weighted by Gasteiger charge is 2.18. The van der Waals surface area contributed by atoms with Crippen molar-refractivity contribution in [1.29, 1.82) is 0 Å². The van der Waals surface area contributed by atoms with Crippen molar-refractivity contribution in [2.45, 2.75) is 0 Å². The van der Waals surface area contributed by atoms with Gasteiger partial charge in [0.1, 0.15) is 11.3 Å². The van der Waals surface area contributed by atoms with Crippen molar-refractivity contribution in [2.75, 3.05) is 0 Å². The van der Waals surface area contributed by atoms with Crippen molar-refractivity contribution >= 4 is 43.5 Å². The van der Waals surface area contributed by atoms with Crippen LogP contribution in [0.15, 0.2) is 207 Å². The van der Waals surface area contributed by atoms with E-state index in [0.29, 0.717) is 0 Å². The van der Waals surface area contributed by atoms with Crippen molar-refractivity contribution in [3.63, 3.8) is 0 Å². The fraction of sp³-hybridized carbons (Fsp3) is 0. The van der Waals surface area contributed by atoms with Gasteiger partial charge < -0.3 is 0 Å². The summed E-state index contributed by atoms with van der Waals surface area (Å²) >= 11 is 0. The van der Waals surface area contributed by atoms with Crippen LogP contribution in [0.1, 0.15) is 0 Å². The fourth-order valence-corrected chi connectivity index (χ4v) is 8.26. The Bertz CT molecular complexity index is 3280. The number of fused-ring (bicyclic) bond motifs is 5. The number of para-hydroxylation sites is 1. The van der Waals surface area contributed by atoms with Gasteiger partial charge in [-0.05, 0) is 120 Å². The molecular formula is C53H34N4. The molecule has 0 spiro atoms. The summed E-state index contributed by atoms with van der Waals surface area (Å²) in [7, 11) is 0. The molecule has 0 amide bonds. The fourth-order valence-electron chi connectivity index (χ4n) is 8.26. The number of hydrogen-bond acceptors (Lipinski definition) is 3. The first kappa shape index (κ1) is 32.7. The predicted octanol–water partition coefficient (Wildman–Crippen LogP) is 13.6. The molecule has 11 rings (SSSR count). The summed E-state index contributed by atoms with van der Waals surface area (Å²) in [5.74, 6) is 0.846. The average Bonchev–Trinajstić information content (AvgIpc) is 3.68. The van der Waals surface area contributed by atoms with E-state index in [2.05, 4.69) is 185 Å². The molecule has 0 saturated heterocycles. The number of benzene rings is 8. The van der Waals surface area contributed by atoms with Crippen LogP contribution in [0.25, 0.3) is 105 Å². The van der Waals surface area contributed by atoms with Gasteiger partial charge in [0.05, 0.1) is 0 Å². The second kappa shape index (κ2) is 13.6. The average molecular weight is 727 g/mol. The molecule has 0 fully saturated rings. The number of hydrogen-bond donors (Lipinski definition) is 0. The van der Waals surface area contributed by atoms with Crippen LogP contribution in [0.2, 0.25) is 0 Å². The molecule has 4 nitrogen and oxygen atoms in total. The van der Waals surface area contributed by atoms with E-state index in [1.807, 2.05) is 30.7 Å². The molecule has 8 aromatic carbocycles. The van der Waals surface area contributed by atoms with Gasteiger partial charge >= 0.3 is 0 Å². The number of nitrogens with zero attached hydrogens (tertiary/aromatic N) is 4. The molecule has 0 unspecified atom stereocenters. The molecule has 0 saturated carbocycles. The summed E-state index contributed by atoms with van der Waals surface area (Å²) in [4.78, 5) is 14.8. The highest BCUT2D eigenvalue weighted by atomic mass is 15.1. The number of rotatable bonds is 6. The van der Waals surface area contributed by atoms with Crippen LogP contribution in [0, 0.1) is 0 Å². The van der Waals surface area contributed by atoms with Crippen LogP contribution < -0.4 is 0 Å². The van der Waals surface area contributed by atoms with Gasteiger partial charge in [0.2, 0.25) is 0 Å². The summed E-state index contributed by atoms with van der Waals surface area (Å²) in [6, 6.07) is 67.1. The van der Waals surface area contributed by atoms with E-state index in [1.54, 1.807) is 0 Å². The normalized spacial score (nSPS) is 11.5. The van der Waals surface area contributed by atoms with Crippen LogP contribution in [-0.2, 0) is 0 Å². The van der Waals surface area contributed by atoms with Crippen molar-refractivity contribution in [2.24, 2.45) is 0 Å². The molecule has 11 aromatic rings. The largest absolute Gasteiger partial charge is 0.277 e. The quantitative estimate of drug-likeness (QED) is 0.160. The zero-order valence-electron chi connectivity index (χ0n) is 30.9. The molecule has 4 heteroatoms. The van der Waals surface area contributed by atoms with Gasteiger partial charge in [-0.1, -0.05) is 133 Å². The van der Waals surface area contributed by atoms with Crippen LogP contribution in [0.4, 0.5) is 0 Å². The molecule has 266 valence electrons. The van der Waals surface area contributed by atoms with E-state index in [1.165, 1.54) is 37.9 Å². The first-order chi connectivity index (χ1) is 28.2. The number of imidazole rings is 1. The SMILES string of the molecule is c1ccc(-n2c(-c3ccc(-c4cc(-c5cccnc5)cc(-c5cc6ccccc6c6ccccc56)c4)cc3)nc3cc(-c4ccc5ccccc5c4)cnc32)cc1. The first-order valence-corrected chi connectivity index (χ1v) is 19.2. The second-order valence-electron chi connectivity index (χ2n) is 14.5. The van der Waals surface area contributed by atoms with Gasteiger partial charge in [0, 0.05) is 41.0 Å². The van der Waals surface area contributed by atoms with Crippen LogP contribution in [0.5, 0.6) is 0 Å². The summed E-state index contributed by atoms with van der Waals surface area (Å²) in [5.41, 5.74) is 12.7. The summed E-state index contributed by atoms with van der Waals surface area (Å²) < 4.78 is 2.17. The number of aromatic nitrogens is 4. The molecule has 0 atom stereocenters. The van der Waals surface area contributed by atoms with Gasteiger partial charge in [-0.3, -0.25) is 9.55 Å². The van der Waals surface area contributed by atoms with E-state index < -0.39 is 0 Å².